The fourth-order valence-corrected chi connectivity index (χ4v) is 4.76. The number of nitrogens with zero attached hydrogens (tertiary/aromatic N) is 1. The molecule has 2 fully saturated rings. The van der Waals surface area contributed by atoms with Crippen LogP contribution in [0.5, 0.6) is 0 Å². The molecule has 1 aliphatic carbocycles. The van der Waals surface area contributed by atoms with E-state index >= 15 is 0 Å². The van der Waals surface area contributed by atoms with Crippen LogP contribution in [0.25, 0.3) is 0 Å². The number of nitrogens with one attached hydrogen (secondary N) is 3. The Kier molecular flexibility index (Phi) is 10.2. The third kappa shape index (κ3) is 8.26. The number of hydrogen-bond donors (Lipinski definition) is 3. The van der Waals surface area contributed by atoms with Crippen molar-refractivity contribution in [2.24, 2.45) is 10.9 Å². The second kappa shape index (κ2) is 11.0. The summed E-state index contributed by atoms with van der Waals surface area (Å²) in [6.45, 7) is 1.85. The smallest absolute Gasteiger partial charge is 0.213 e. The molecule has 2 aliphatic rings. The topological polar surface area (TPSA) is 82.6 Å². The van der Waals surface area contributed by atoms with Crippen molar-refractivity contribution in [2.75, 3.05) is 38.2 Å². The molecule has 2 rings (SSSR count). The molecule has 1 heterocycles. The van der Waals surface area contributed by atoms with Crippen molar-refractivity contribution in [3.8, 4) is 0 Å². The van der Waals surface area contributed by atoms with Crippen LogP contribution in [-0.2, 0) is 10.0 Å². The van der Waals surface area contributed by atoms with E-state index in [0.717, 1.165) is 19.4 Å². The van der Waals surface area contributed by atoms with E-state index in [1.54, 1.807) is 7.05 Å². The number of sulfonamides is 1. The van der Waals surface area contributed by atoms with Crippen LogP contribution in [0, 0.1) is 5.92 Å². The van der Waals surface area contributed by atoms with E-state index in [0.29, 0.717) is 30.2 Å². The van der Waals surface area contributed by atoms with Gasteiger partial charge >= 0.3 is 0 Å². The van der Waals surface area contributed by atoms with Gasteiger partial charge in [0.25, 0.3) is 0 Å². The molecule has 3 N–H and O–H groups in total. The first kappa shape index (κ1) is 21.3. The van der Waals surface area contributed by atoms with Gasteiger partial charge in [0.2, 0.25) is 10.0 Å². The minimum Gasteiger partial charge on any atom is -0.355 e. The zero-order chi connectivity index (χ0) is 15.8. The minimum atomic E-state index is -3.19. The highest BCUT2D eigenvalue weighted by atomic mass is 127. The summed E-state index contributed by atoms with van der Waals surface area (Å²) in [5.41, 5.74) is 0. The van der Waals surface area contributed by atoms with E-state index in [1.165, 1.54) is 25.0 Å². The lowest BCUT2D eigenvalue weighted by Crippen LogP contribution is -2.43. The first-order valence-corrected chi connectivity index (χ1v) is 10.8. The van der Waals surface area contributed by atoms with Gasteiger partial charge in [0.05, 0.1) is 5.75 Å². The van der Waals surface area contributed by atoms with Gasteiger partial charge in [-0.2, -0.15) is 11.8 Å². The summed E-state index contributed by atoms with van der Waals surface area (Å²) in [5, 5.41) is 6.99. The van der Waals surface area contributed by atoms with Crippen molar-refractivity contribution in [3.63, 3.8) is 0 Å². The van der Waals surface area contributed by atoms with Gasteiger partial charge in [0.15, 0.2) is 5.96 Å². The molecule has 1 atom stereocenters. The van der Waals surface area contributed by atoms with Gasteiger partial charge in [-0.15, -0.1) is 24.0 Å². The molecule has 1 aliphatic heterocycles. The summed E-state index contributed by atoms with van der Waals surface area (Å²) in [6.07, 6.45) is 6.06. The first-order valence-electron chi connectivity index (χ1n) is 8.12. The predicted octanol–water partition coefficient (Wildman–Crippen LogP) is 1.38. The Hall–Kier alpha value is 0.260. The summed E-state index contributed by atoms with van der Waals surface area (Å²) in [6, 6.07) is 0. The first-order chi connectivity index (χ1) is 10.6. The highest BCUT2D eigenvalue weighted by Gasteiger charge is 2.20. The van der Waals surface area contributed by atoms with Gasteiger partial charge in [-0.3, -0.25) is 4.99 Å². The number of guanidine groups is 1. The van der Waals surface area contributed by atoms with Gasteiger partial charge < -0.3 is 10.6 Å². The van der Waals surface area contributed by atoms with Crippen LogP contribution in [0.15, 0.2) is 4.99 Å². The lowest BCUT2D eigenvalue weighted by Gasteiger charge is -2.25. The third-order valence-electron chi connectivity index (χ3n) is 4.22. The molecule has 0 bridgehead atoms. The average molecular weight is 476 g/mol. The summed E-state index contributed by atoms with van der Waals surface area (Å²) in [7, 11) is -1.48. The molecule has 1 saturated carbocycles. The average Bonchev–Trinajstić information content (AvgIpc) is 2.93. The molecule has 0 spiro atoms. The Balaban J connectivity index is 0.00000264. The Morgan fingerprint density at radius 1 is 1.17 bits per heavy atom. The van der Waals surface area contributed by atoms with Gasteiger partial charge in [-0.05, 0) is 37.4 Å². The maximum Gasteiger partial charge on any atom is 0.213 e. The Morgan fingerprint density at radius 3 is 2.52 bits per heavy atom. The number of halogens is 1. The molecule has 0 aromatic carbocycles. The third-order valence-corrected chi connectivity index (χ3v) is 6.97. The largest absolute Gasteiger partial charge is 0.355 e. The molecule has 0 aromatic heterocycles. The zero-order valence-corrected chi connectivity index (χ0v) is 17.7. The van der Waals surface area contributed by atoms with Crippen LogP contribution in [-0.4, -0.2) is 57.8 Å². The summed E-state index contributed by atoms with van der Waals surface area (Å²) >= 11 is 1.99. The van der Waals surface area contributed by atoms with Crippen molar-refractivity contribution in [1.82, 2.24) is 15.4 Å². The Bertz CT molecular complexity index is 463. The van der Waals surface area contributed by atoms with Crippen LogP contribution in [0.4, 0.5) is 0 Å². The van der Waals surface area contributed by atoms with Crippen LogP contribution >= 0.6 is 35.7 Å². The SMILES string of the molecule is CN=C(NCCS(=O)(=O)NCC1CCC1)NCC1CCCS1.I. The van der Waals surface area contributed by atoms with Crippen molar-refractivity contribution in [1.29, 1.82) is 0 Å². The minimum absolute atomic E-state index is 0. The van der Waals surface area contributed by atoms with Crippen molar-refractivity contribution in [2.45, 2.75) is 37.4 Å². The molecule has 136 valence electrons. The van der Waals surface area contributed by atoms with Gasteiger partial charge in [0.1, 0.15) is 0 Å². The molecule has 1 unspecified atom stereocenters. The fourth-order valence-electron chi connectivity index (χ4n) is 2.55. The molecule has 0 radical (unpaired) electrons. The Morgan fingerprint density at radius 2 is 1.96 bits per heavy atom. The molecule has 9 heteroatoms. The summed E-state index contributed by atoms with van der Waals surface area (Å²) < 4.78 is 26.5. The lowest BCUT2D eigenvalue weighted by atomic mass is 9.86. The molecular weight excluding hydrogens is 447 g/mol. The van der Waals surface area contributed by atoms with Crippen molar-refractivity contribution < 1.29 is 8.42 Å². The quantitative estimate of drug-likeness (QED) is 0.280. The zero-order valence-electron chi connectivity index (χ0n) is 13.7. The molecular formula is C14H29IN4O2S2. The monoisotopic (exact) mass is 476 g/mol. The lowest BCUT2D eigenvalue weighted by molar-refractivity contribution is 0.316. The van der Waals surface area contributed by atoms with E-state index in [2.05, 4.69) is 20.3 Å². The van der Waals surface area contributed by atoms with Crippen LogP contribution < -0.4 is 15.4 Å². The van der Waals surface area contributed by atoms with E-state index < -0.39 is 10.0 Å². The van der Waals surface area contributed by atoms with E-state index in [-0.39, 0.29) is 29.7 Å². The number of hydrogen-bond acceptors (Lipinski definition) is 4. The van der Waals surface area contributed by atoms with Gasteiger partial charge in [-0.1, -0.05) is 6.42 Å². The fraction of sp³-hybridized carbons (Fsp3) is 0.929. The van der Waals surface area contributed by atoms with Crippen LogP contribution in [0.1, 0.15) is 32.1 Å². The Labute approximate surface area is 161 Å². The molecule has 1 saturated heterocycles. The van der Waals surface area contributed by atoms with Crippen molar-refractivity contribution in [3.05, 3.63) is 0 Å². The van der Waals surface area contributed by atoms with Crippen molar-refractivity contribution >= 4 is 51.7 Å². The van der Waals surface area contributed by atoms with E-state index in [9.17, 15) is 8.42 Å². The molecule has 23 heavy (non-hydrogen) atoms. The van der Waals surface area contributed by atoms with Gasteiger partial charge in [0, 0.05) is 31.9 Å². The number of thioether (sulfide) groups is 1. The standard InChI is InChI=1S/C14H28N4O2S2.HI/c1-15-14(17-11-13-6-3-8-21-13)16-7-9-22(19,20)18-10-12-4-2-5-12;/h12-13,18H,2-11H2,1H3,(H2,15,16,17);1H. The number of rotatable bonds is 8. The second-order valence-electron chi connectivity index (χ2n) is 5.98. The molecule has 0 amide bonds. The highest BCUT2D eigenvalue weighted by molar-refractivity contribution is 14.0. The summed E-state index contributed by atoms with van der Waals surface area (Å²) in [5.74, 6) is 2.55. The maximum atomic E-state index is 11.9. The van der Waals surface area contributed by atoms with Crippen LogP contribution in [0.3, 0.4) is 0 Å². The summed E-state index contributed by atoms with van der Waals surface area (Å²) in [4.78, 5) is 4.14. The predicted molar refractivity (Wildman–Crippen MR) is 109 cm³/mol. The number of aliphatic imine (C=N–C) groups is 1. The normalized spacial score (nSPS) is 22.3. The maximum absolute atomic E-state index is 11.9. The van der Waals surface area contributed by atoms with Crippen LogP contribution in [0.2, 0.25) is 0 Å². The second-order valence-corrected chi connectivity index (χ2v) is 9.31. The van der Waals surface area contributed by atoms with E-state index in [1.807, 2.05) is 11.8 Å². The highest BCUT2D eigenvalue weighted by Crippen LogP contribution is 2.25. The van der Waals surface area contributed by atoms with E-state index in [4.69, 9.17) is 0 Å². The van der Waals surface area contributed by atoms with Gasteiger partial charge in [-0.25, -0.2) is 13.1 Å². The molecule has 6 nitrogen and oxygen atoms in total. The molecule has 0 aromatic rings.